The summed E-state index contributed by atoms with van der Waals surface area (Å²) in [6.45, 7) is 6.45. The van der Waals surface area contributed by atoms with Gasteiger partial charge in [0.25, 0.3) is 11.8 Å². The van der Waals surface area contributed by atoms with Crippen molar-refractivity contribution in [3.8, 4) is 0 Å². The molecule has 9 heteroatoms. The van der Waals surface area contributed by atoms with E-state index >= 15 is 0 Å². The lowest BCUT2D eigenvalue weighted by Gasteiger charge is -2.31. The molecular weight excluding hydrogens is 372 g/mol. The van der Waals surface area contributed by atoms with Crippen LogP contribution in [0.1, 0.15) is 54.9 Å². The van der Waals surface area contributed by atoms with Gasteiger partial charge in [-0.15, -0.1) is 0 Å². The standard InChI is InChI=1S/C20H28N6O3/c1-12(2)15-10-16(29-24-15)18(27)26-9-6-14-13(11-26)17(23-20(21-3)22-14)19(28)25-7-4-5-8-25/h12,16H,4-11H2,1-3H3,(H,21,22,23)/t16-/m1/s1. The maximum absolute atomic E-state index is 13.1. The van der Waals surface area contributed by atoms with Gasteiger partial charge < -0.3 is 20.0 Å². The minimum absolute atomic E-state index is 0.0745. The Labute approximate surface area is 170 Å². The second kappa shape index (κ2) is 7.96. The van der Waals surface area contributed by atoms with Crippen LogP contribution in [-0.2, 0) is 22.6 Å². The zero-order valence-corrected chi connectivity index (χ0v) is 17.3. The normalized spacial score (nSPS) is 21.1. The second-order valence-electron chi connectivity index (χ2n) is 8.12. The minimum Gasteiger partial charge on any atom is -0.382 e. The van der Waals surface area contributed by atoms with Crippen LogP contribution in [0.25, 0.3) is 0 Å². The van der Waals surface area contributed by atoms with Gasteiger partial charge >= 0.3 is 0 Å². The molecular formula is C20H28N6O3. The first-order valence-electron chi connectivity index (χ1n) is 10.4. The fraction of sp³-hybridized carbons (Fsp3) is 0.650. The molecule has 156 valence electrons. The number of fused-ring (bicyclic) bond motifs is 1. The smallest absolute Gasteiger partial charge is 0.273 e. The summed E-state index contributed by atoms with van der Waals surface area (Å²) in [4.78, 5) is 44.1. The van der Waals surface area contributed by atoms with Gasteiger partial charge in [-0.25, -0.2) is 9.97 Å². The van der Waals surface area contributed by atoms with E-state index in [0.29, 0.717) is 37.6 Å². The molecule has 1 fully saturated rings. The predicted molar refractivity (Wildman–Crippen MR) is 108 cm³/mol. The third-order valence-corrected chi connectivity index (χ3v) is 5.83. The number of aromatic nitrogens is 2. The van der Waals surface area contributed by atoms with E-state index in [4.69, 9.17) is 4.84 Å². The van der Waals surface area contributed by atoms with Crippen LogP contribution in [0.2, 0.25) is 0 Å². The van der Waals surface area contributed by atoms with Crippen LogP contribution in [0, 0.1) is 5.92 Å². The van der Waals surface area contributed by atoms with Crippen molar-refractivity contribution in [1.82, 2.24) is 19.8 Å². The highest BCUT2D eigenvalue weighted by Crippen LogP contribution is 2.26. The molecule has 3 aliphatic rings. The third-order valence-electron chi connectivity index (χ3n) is 5.83. The van der Waals surface area contributed by atoms with Gasteiger partial charge in [-0.3, -0.25) is 9.59 Å². The summed E-state index contributed by atoms with van der Waals surface area (Å²) in [5, 5.41) is 7.02. The third kappa shape index (κ3) is 3.77. The Bertz CT molecular complexity index is 847. The van der Waals surface area contributed by atoms with Crippen molar-refractivity contribution in [2.75, 3.05) is 32.0 Å². The van der Waals surface area contributed by atoms with Gasteiger partial charge in [-0.05, 0) is 18.8 Å². The summed E-state index contributed by atoms with van der Waals surface area (Å²) in [5.74, 6) is 0.537. The number of carbonyl (C=O) groups excluding carboxylic acids is 2. The van der Waals surface area contributed by atoms with E-state index in [9.17, 15) is 9.59 Å². The van der Waals surface area contributed by atoms with Crippen LogP contribution in [0.15, 0.2) is 5.16 Å². The first-order chi connectivity index (χ1) is 14.0. The van der Waals surface area contributed by atoms with Gasteiger partial charge in [0, 0.05) is 51.6 Å². The quantitative estimate of drug-likeness (QED) is 0.821. The lowest BCUT2D eigenvalue weighted by atomic mass is 10.00. The summed E-state index contributed by atoms with van der Waals surface area (Å²) in [6.07, 6.45) is 2.56. The number of nitrogens with zero attached hydrogens (tertiary/aromatic N) is 5. The SMILES string of the molecule is CNc1nc2c(c(C(=O)N3CCCC3)n1)CN(C(=O)[C@H]1CC(C(C)C)=NO1)CC2. The molecule has 0 spiro atoms. The van der Waals surface area contributed by atoms with E-state index in [1.54, 1.807) is 11.9 Å². The van der Waals surface area contributed by atoms with Crippen LogP contribution < -0.4 is 5.32 Å². The Balaban J connectivity index is 1.56. The molecule has 0 unspecified atom stereocenters. The number of carbonyl (C=O) groups is 2. The zero-order valence-electron chi connectivity index (χ0n) is 17.3. The van der Waals surface area contributed by atoms with Gasteiger partial charge in [0.2, 0.25) is 12.1 Å². The van der Waals surface area contributed by atoms with Crippen LogP contribution >= 0.6 is 0 Å². The molecule has 0 aliphatic carbocycles. The summed E-state index contributed by atoms with van der Waals surface area (Å²) >= 11 is 0. The number of rotatable bonds is 4. The number of hydrogen-bond acceptors (Lipinski definition) is 7. The first kappa shape index (κ1) is 19.6. The molecule has 9 nitrogen and oxygen atoms in total. The van der Waals surface area contributed by atoms with E-state index in [-0.39, 0.29) is 17.7 Å². The van der Waals surface area contributed by atoms with E-state index in [1.807, 2.05) is 18.7 Å². The molecule has 0 bridgehead atoms. The Morgan fingerprint density at radius 1 is 1.14 bits per heavy atom. The Kier molecular flexibility index (Phi) is 5.38. The monoisotopic (exact) mass is 400 g/mol. The highest BCUT2D eigenvalue weighted by Gasteiger charge is 2.36. The Morgan fingerprint density at radius 2 is 1.90 bits per heavy atom. The lowest BCUT2D eigenvalue weighted by Crippen LogP contribution is -2.43. The molecule has 4 heterocycles. The average Bonchev–Trinajstić information content (AvgIpc) is 3.43. The molecule has 1 atom stereocenters. The average molecular weight is 400 g/mol. The van der Waals surface area contributed by atoms with Crippen molar-refractivity contribution in [3.63, 3.8) is 0 Å². The van der Waals surface area contributed by atoms with Crippen molar-refractivity contribution in [3.05, 3.63) is 17.0 Å². The van der Waals surface area contributed by atoms with Gasteiger partial charge in [-0.1, -0.05) is 19.0 Å². The zero-order chi connectivity index (χ0) is 20.5. The van der Waals surface area contributed by atoms with Gasteiger partial charge in [0.05, 0.1) is 11.4 Å². The molecule has 3 aliphatic heterocycles. The van der Waals surface area contributed by atoms with Crippen molar-refractivity contribution in [2.24, 2.45) is 11.1 Å². The van der Waals surface area contributed by atoms with Crippen molar-refractivity contribution < 1.29 is 14.4 Å². The largest absolute Gasteiger partial charge is 0.382 e. The topological polar surface area (TPSA) is 100 Å². The fourth-order valence-electron chi connectivity index (χ4n) is 4.03. The highest BCUT2D eigenvalue weighted by molar-refractivity contribution is 5.96. The van der Waals surface area contributed by atoms with Crippen LogP contribution in [0.5, 0.6) is 0 Å². The van der Waals surface area contributed by atoms with E-state index in [1.165, 1.54) is 0 Å². The van der Waals surface area contributed by atoms with E-state index in [0.717, 1.165) is 42.9 Å². The maximum Gasteiger partial charge on any atom is 0.273 e. The van der Waals surface area contributed by atoms with Gasteiger partial charge in [-0.2, -0.15) is 0 Å². The fourth-order valence-corrected chi connectivity index (χ4v) is 4.03. The molecule has 29 heavy (non-hydrogen) atoms. The van der Waals surface area contributed by atoms with E-state index < -0.39 is 6.10 Å². The molecule has 0 saturated carbocycles. The molecule has 1 N–H and O–H groups in total. The van der Waals surface area contributed by atoms with Crippen LogP contribution in [0.4, 0.5) is 5.95 Å². The molecule has 1 aromatic rings. The number of hydrogen-bond donors (Lipinski definition) is 1. The van der Waals surface area contributed by atoms with Gasteiger partial charge in [0.1, 0.15) is 5.69 Å². The van der Waals surface area contributed by atoms with E-state index in [2.05, 4.69) is 20.4 Å². The number of oxime groups is 1. The molecule has 1 saturated heterocycles. The summed E-state index contributed by atoms with van der Waals surface area (Å²) < 4.78 is 0. The number of amides is 2. The maximum atomic E-state index is 13.1. The molecule has 2 amide bonds. The molecule has 0 aromatic carbocycles. The van der Waals surface area contributed by atoms with Crippen LogP contribution in [-0.4, -0.2) is 70.1 Å². The molecule has 0 radical (unpaired) electrons. The number of nitrogens with one attached hydrogen (secondary N) is 1. The summed E-state index contributed by atoms with van der Waals surface area (Å²) in [7, 11) is 1.74. The second-order valence-corrected chi connectivity index (χ2v) is 8.12. The summed E-state index contributed by atoms with van der Waals surface area (Å²) in [5.41, 5.74) is 2.91. The van der Waals surface area contributed by atoms with Gasteiger partial charge in [0.15, 0.2) is 0 Å². The Morgan fingerprint density at radius 3 is 2.55 bits per heavy atom. The highest BCUT2D eigenvalue weighted by atomic mass is 16.6. The number of likely N-dealkylation sites (tertiary alicyclic amines) is 1. The summed E-state index contributed by atoms with van der Waals surface area (Å²) in [6, 6.07) is 0. The predicted octanol–water partition coefficient (Wildman–Crippen LogP) is 1.44. The lowest BCUT2D eigenvalue weighted by molar-refractivity contribution is -0.143. The van der Waals surface area contributed by atoms with Crippen molar-refractivity contribution in [1.29, 1.82) is 0 Å². The van der Waals surface area contributed by atoms with Crippen LogP contribution in [0.3, 0.4) is 0 Å². The minimum atomic E-state index is -0.579. The molecule has 4 rings (SSSR count). The van der Waals surface area contributed by atoms with Crippen molar-refractivity contribution in [2.45, 2.75) is 52.2 Å². The number of anilines is 1. The Hall–Kier alpha value is -2.71. The molecule has 1 aromatic heterocycles. The van der Waals surface area contributed by atoms with Crippen molar-refractivity contribution >= 4 is 23.5 Å². The first-order valence-corrected chi connectivity index (χ1v) is 10.4.